The minimum atomic E-state index is -4.95. The van der Waals surface area contributed by atoms with Crippen molar-refractivity contribution in [2.45, 2.75) is 388 Å². The lowest BCUT2D eigenvalue weighted by atomic mass is 10.0. The summed E-state index contributed by atoms with van der Waals surface area (Å²) in [7, 11) is -9.90. The maximum atomic E-state index is 13.1. The van der Waals surface area contributed by atoms with Gasteiger partial charge in [-0.3, -0.25) is 37.3 Å². The van der Waals surface area contributed by atoms with Crippen LogP contribution < -0.4 is 0 Å². The average Bonchev–Trinajstić information content (AvgIpc) is 1.90. The molecule has 0 aliphatic heterocycles. The molecule has 0 amide bonds. The largest absolute Gasteiger partial charge is 0.472 e. The van der Waals surface area contributed by atoms with Crippen molar-refractivity contribution in [3.63, 3.8) is 0 Å². The molecule has 0 aliphatic carbocycles. The summed E-state index contributed by atoms with van der Waals surface area (Å²) >= 11 is 0. The van der Waals surface area contributed by atoms with E-state index in [1.54, 1.807) is 0 Å². The van der Waals surface area contributed by atoms with Gasteiger partial charge in [-0.25, -0.2) is 9.13 Å². The summed E-state index contributed by atoms with van der Waals surface area (Å²) in [5, 5.41) is 10.6. The Morgan fingerprint density at radius 2 is 0.500 bits per heavy atom. The highest BCUT2D eigenvalue weighted by atomic mass is 31.2. The Bertz CT molecular complexity index is 1800. The van der Waals surface area contributed by atoms with E-state index in [0.717, 1.165) is 114 Å². The van der Waals surface area contributed by atoms with Crippen LogP contribution in [0.5, 0.6) is 0 Å². The topological polar surface area (TPSA) is 237 Å². The Labute approximate surface area is 562 Å². The molecule has 2 unspecified atom stereocenters. The average molecular weight is 1350 g/mol. The fourth-order valence-corrected chi connectivity index (χ4v) is 12.7. The van der Waals surface area contributed by atoms with Crippen LogP contribution in [0.3, 0.4) is 0 Å². The fraction of sp³-hybridized carbons (Fsp3) is 0.945. The number of hydrogen-bond acceptors (Lipinski definition) is 15. The van der Waals surface area contributed by atoms with Gasteiger partial charge in [0.15, 0.2) is 12.2 Å². The number of ether oxygens (including phenoxy) is 4. The van der Waals surface area contributed by atoms with Crippen LogP contribution in [0.4, 0.5) is 0 Å². The van der Waals surface area contributed by atoms with Crippen molar-refractivity contribution in [3.8, 4) is 0 Å². The number of phosphoric acid groups is 2. The SMILES string of the molecule is CCCCCCCCCCC(=O)OC[C@H](COP(=O)(O)OC[C@H](O)COP(=O)(O)OC[C@@H](COC(=O)CCCCCCCCCCCCCCC(C)C)OC(=O)CCCCCCCCCCCCCCCCCC(C)C)OC(=O)CCCCCCCCCCC(C)C. The number of carbonyl (C=O) groups excluding carboxylic acids is 4. The molecule has 0 aromatic heterocycles. The minimum absolute atomic E-state index is 0.104. The van der Waals surface area contributed by atoms with Crippen molar-refractivity contribution < 1.29 is 80.2 Å². The number of unbranched alkanes of at least 4 members (excludes halogenated alkanes) is 39. The lowest BCUT2D eigenvalue weighted by Crippen LogP contribution is -2.30. The smallest absolute Gasteiger partial charge is 0.462 e. The molecule has 0 fully saturated rings. The molecular formula is C73H142O17P2. The standard InChI is InChI=1S/C73H142O17P2/c1-8-9-10-11-12-33-40-47-54-70(75)83-60-68(90-73(78)57-50-43-36-29-28-32-39-46-53-66(6)7)62-87-91(79,80)85-58-67(74)59-86-92(81,82)88-63-69(61-84-71(76)55-48-41-34-26-22-19-18-21-25-31-38-45-52-65(4)5)89-72(77)56-49-42-35-27-23-17-15-13-14-16-20-24-30-37-44-51-64(2)3/h64-69,74H,8-63H2,1-7H3,(H,79,80)(H,81,82)/t67-,68+,69+/m0/s1. The number of phosphoric ester groups is 2. The van der Waals surface area contributed by atoms with Crippen LogP contribution in [0.15, 0.2) is 0 Å². The Hall–Kier alpha value is -1.94. The third-order valence-electron chi connectivity index (χ3n) is 16.9. The van der Waals surface area contributed by atoms with Gasteiger partial charge in [0.05, 0.1) is 26.4 Å². The lowest BCUT2D eigenvalue weighted by Gasteiger charge is -2.21. The Morgan fingerprint density at radius 1 is 0.293 bits per heavy atom. The molecule has 5 atom stereocenters. The maximum Gasteiger partial charge on any atom is 0.472 e. The monoisotopic (exact) mass is 1350 g/mol. The van der Waals surface area contributed by atoms with Crippen LogP contribution in [0.25, 0.3) is 0 Å². The van der Waals surface area contributed by atoms with E-state index in [-0.39, 0.29) is 25.7 Å². The maximum absolute atomic E-state index is 13.1. The summed E-state index contributed by atoms with van der Waals surface area (Å²) in [6, 6.07) is 0. The van der Waals surface area contributed by atoms with Crippen LogP contribution in [0.2, 0.25) is 0 Å². The summed E-state index contributed by atoms with van der Waals surface area (Å²) in [5.41, 5.74) is 0. The van der Waals surface area contributed by atoms with Gasteiger partial charge in [-0.15, -0.1) is 0 Å². The quantitative estimate of drug-likeness (QED) is 0.0222. The number of carbonyl (C=O) groups is 4. The second-order valence-corrected chi connectivity index (χ2v) is 30.7. The first-order valence-corrected chi connectivity index (χ1v) is 40.8. The van der Waals surface area contributed by atoms with Crippen LogP contribution >= 0.6 is 15.6 Å². The highest BCUT2D eigenvalue weighted by molar-refractivity contribution is 7.47. The van der Waals surface area contributed by atoms with Crippen molar-refractivity contribution in [1.29, 1.82) is 0 Å². The first-order chi connectivity index (χ1) is 44.2. The van der Waals surface area contributed by atoms with Gasteiger partial charge in [0.1, 0.15) is 19.3 Å². The minimum Gasteiger partial charge on any atom is -0.462 e. The summed E-state index contributed by atoms with van der Waals surface area (Å²) in [4.78, 5) is 72.6. The molecule has 0 bridgehead atoms. The Kier molecular flexibility index (Phi) is 62.4. The van der Waals surface area contributed by atoms with E-state index in [0.29, 0.717) is 25.7 Å². The molecule has 0 heterocycles. The molecule has 0 spiro atoms. The number of aliphatic hydroxyl groups excluding tert-OH is 1. The van der Waals surface area contributed by atoms with E-state index >= 15 is 0 Å². The van der Waals surface area contributed by atoms with Crippen molar-refractivity contribution in [2.75, 3.05) is 39.6 Å². The molecule has 0 rings (SSSR count). The van der Waals surface area contributed by atoms with Crippen LogP contribution in [0, 0.1) is 17.8 Å². The van der Waals surface area contributed by atoms with Gasteiger partial charge in [0.2, 0.25) is 0 Å². The third kappa shape index (κ3) is 66.7. The molecule has 92 heavy (non-hydrogen) atoms. The second kappa shape index (κ2) is 63.8. The lowest BCUT2D eigenvalue weighted by molar-refractivity contribution is -0.161. The van der Waals surface area contributed by atoms with Crippen LogP contribution in [-0.2, 0) is 65.4 Å². The van der Waals surface area contributed by atoms with Crippen molar-refractivity contribution >= 4 is 39.5 Å². The molecule has 19 heteroatoms. The Balaban J connectivity index is 5.21. The predicted octanol–water partition coefficient (Wildman–Crippen LogP) is 21.0. The van der Waals surface area contributed by atoms with Crippen molar-refractivity contribution in [1.82, 2.24) is 0 Å². The first kappa shape index (κ1) is 90.1. The van der Waals surface area contributed by atoms with Gasteiger partial charge in [-0.05, 0) is 43.4 Å². The van der Waals surface area contributed by atoms with Crippen LogP contribution in [0.1, 0.15) is 370 Å². The van der Waals surface area contributed by atoms with Gasteiger partial charge in [0, 0.05) is 25.7 Å². The number of aliphatic hydroxyl groups is 1. The van der Waals surface area contributed by atoms with Gasteiger partial charge in [-0.1, -0.05) is 318 Å². The first-order valence-electron chi connectivity index (χ1n) is 37.8. The summed E-state index contributed by atoms with van der Waals surface area (Å²) in [6.07, 6.45) is 48.7. The second-order valence-electron chi connectivity index (χ2n) is 27.8. The zero-order valence-corrected chi connectivity index (χ0v) is 61.8. The normalized spacial score (nSPS) is 14.1. The molecule has 0 aromatic rings. The molecule has 17 nitrogen and oxygen atoms in total. The molecule has 546 valence electrons. The van der Waals surface area contributed by atoms with Gasteiger partial charge >= 0.3 is 39.5 Å². The number of esters is 4. The van der Waals surface area contributed by atoms with E-state index in [9.17, 15) is 43.2 Å². The molecule has 0 radical (unpaired) electrons. The molecule has 0 aliphatic rings. The summed E-state index contributed by atoms with van der Waals surface area (Å²) in [5.74, 6) is 0.177. The van der Waals surface area contributed by atoms with Crippen molar-refractivity contribution in [2.24, 2.45) is 17.8 Å². The molecule has 0 aromatic carbocycles. The van der Waals surface area contributed by atoms with Gasteiger partial charge in [-0.2, -0.15) is 0 Å². The third-order valence-corrected chi connectivity index (χ3v) is 18.8. The number of rotatable bonds is 71. The molecule has 0 saturated carbocycles. The van der Waals surface area contributed by atoms with Gasteiger partial charge < -0.3 is 33.8 Å². The highest BCUT2D eigenvalue weighted by Crippen LogP contribution is 2.45. The van der Waals surface area contributed by atoms with Crippen molar-refractivity contribution in [3.05, 3.63) is 0 Å². The highest BCUT2D eigenvalue weighted by Gasteiger charge is 2.30. The van der Waals surface area contributed by atoms with E-state index < -0.39 is 97.5 Å². The van der Waals surface area contributed by atoms with E-state index in [4.69, 9.17) is 37.0 Å². The van der Waals surface area contributed by atoms with E-state index in [1.807, 2.05) is 0 Å². The zero-order chi connectivity index (χ0) is 68.0. The summed E-state index contributed by atoms with van der Waals surface area (Å²) in [6.45, 7) is 11.8. The number of hydrogen-bond donors (Lipinski definition) is 3. The Morgan fingerprint density at radius 3 is 0.739 bits per heavy atom. The van der Waals surface area contributed by atoms with Gasteiger partial charge in [0.25, 0.3) is 0 Å². The van der Waals surface area contributed by atoms with E-state index in [1.165, 1.54) is 173 Å². The molecule has 0 saturated heterocycles. The zero-order valence-electron chi connectivity index (χ0n) is 60.0. The molecule has 3 N–H and O–H groups in total. The molecular weight excluding hydrogens is 1210 g/mol. The van der Waals surface area contributed by atoms with E-state index in [2.05, 4.69) is 48.5 Å². The summed E-state index contributed by atoms with van der Waals surface area (Å²) < 4.78 is 68.3. The fourth-order valence-electron chi connectivity index (χ4n) is 11.1. The van der Waals surface area contributed by atoms with Crippen LogP contribution in [-0.4, -0.2) is 96.7 Å². The predicted molar refractivity (Wildman–Crippen MR) is 372 cm³/mol.